The van der Waals surface area contributed by atoms with Crippen LogP contribution in [0.4, 0.5) is 5.69 Å². The monoisotopic (exact) mass is 367 g/mol. The third-order valence-electron chi connectivity index (χ3n) is 2.89. The number of benzene rings is 2. The zero-order valence-corrected chi connectivity index (χ0v) is 13.8. The third-order valence-corrected chi connectivity index (χ3v) is 3.69. The Morgan fingerprint density at radius 1 is 1.29 bits per heavy atom. The predicted octanol–water partition coefficient (Wildman–Crippen LogP) is 4.82. The lowest BCUT2D eigenvalue weighted by Crippen LogP contribution is -2.23. The number of hydrogen-bond donors (Lipinski definition) is 1. The van der Waals surface area contributed by atoms with Crippen molar-refractivity contribution in [3.05, 3.63) is 63.6 Å². The zero-order valence-electron chi connectivity index (χ0n) is 11.5. The molecular formula is C16H15BrClNO2. The number of hydrogen-bond acceptors (Lipinski definition) is 3. The topological polar surface area (TPSA) is 38.3 Å². The lowest BCUT2D eigenvalue weighted by molar-refractivity contribution is -0.144. The highest BCUT2D eigenvalue weighted by Crippen LogP contribution is 2.29. The van der Waals surface area contributed by atoms with Crippen molar-refractivity contribution >= 4 is 39.2 Å². The molecule has 1 atom stereocenters. The second kappa shape index (κ2) is 7.48. The molecule has 0 fully saturated rings. The number of nitrogens with one attached hydrogen (secondary N) is 1. The van der Waals surface area contributed by atoms with E-state index in [4.69, 9.17) is 16.3 Å². The fourth-order valence-corrected chi connectivity index (χ4v) is 2.64. The Balaban J connectivity index is 2.30. The first-order valence-corrected chi connectivity index (χ1v) is 7.72. The van der Waals surface area contributed by atoms with Crippen LogP contribution < -0.4 is 5.32 Å². The van der Waals surface area contributed by atoms with Crippen LogP contribution in [0.3, 0.4) is 0 Å². The maximum atomic E-state index is 12.2. The van der Waals surface area contributed by atoms with Gasteiger partial charge >= 0.3 is 5.97 Å². The molecule has 2 rings (SSSR count). The Bertz CT molecular complexity index is 619. The molecule has 0 bridgehead atoms. The van der Waals surface area contributed by atoms with Crippen molar-refractivity contribution in [2.75, 3.05) is 11.9 Å². The van der Waals surface area contributed by atoms with Crippen LogP contribution in [-0.2, 0) is 9.53 Å². The van der Waals surface area contributed by atoms with Gasteiger partial charge in [0.15, 0.2) is 6.04 Å². The molecule has 0 heterocycles. The molecule has 0 aliphatic rings. The van der Waals surface area contributed by atoms with Gasteiger partial charge in [-0.1, -0.05) is 57.9 Å². The van der Waals surface area contributed by atoms with Gasteiger partial charge in [0.2, 0.25) is 0 Å². The van der Waals surface area contributed by atoms with Gasteiger partial charge in [-0.3, -0.25) is 0 Å². The summed E-state index contributed by atoms with van der Waals surface area (Å²) in [6.45, 7) is 2.12. The average Bonchev–Trinajstić information content (AvgIpc) is 2.47. The second-order valence-electron chi connectivity index (χ2n) is 4.36. The van der Waals surface area contributed by atoms with Crippen molar-refractivity contribution in [2.24, 2.45) is 0 Å². The van der Waals surface area contributed by atoms with Gasteiger partial charge < -0.3 is 10.1 Å². The van der Waals surface area contributed by atoms with E-state index >= 15 is 0 Å². The maximum absolute atomic E-state index is 12.2. The van der Waals surface area contributed by atoms with Crippen LogP contribution in [0.25, 0.3) is 0 Å². The van der Waals surface area contributed by atoms with E-state index in [1.807, 2.05) is 42.5 Å². The SMILES string of the molecule is CCOC(=O)C(Nc1ccc(Br)cc1Cl)c1ccccc1. The van der Waals surface area contributed by atoms with E-state index < -0.39 is 6.04 Å². The molecule has 0 aromatic heterocycles. The first-order valence-electron chi connectivity index (χ1n) is 6.55. The van der Waals surface area contributed by atoms with Gasteiger partial charge in [-0.05, 0) is 30.7 Å². The molecule has 2 aromatic rings. The lowest BCUT2D eigenvalue weighted by Gasteiger charge is -2.19. The minimum absolute atomic E-state index is 0.331. The summed E-state index contributed by atoms with van der Waals surface area (Å²) in [5.41, 5.74) is 1.51. The van der Waals surface area contributed by atoms with Crippen molar-refractivity contribution in [1.29, 1.82) is 0 Å². The molecule has 21 heavy (non-hydrogen) atoms. The van der Waals surface area contributed by atoms with E-state index in [0.717, 1.165) is 10.0 Å². The van der Waals surface area contributed by atoms with Crippen LogP contribution in [0, 0.1) is 0 Å². The molecule has 5 heteroatoms. The molecule has 0 aliphatic heterocycles. The summed E-state index contributed by atoms with van der Waals surface area (Å²) >= 11 is 9.56. The molecule has 3 nitrogen and oxygen atoms in total. The Morgan fingerprint density at radius 2 is 2.00 bits per heavy atom. The maximum Gasteiger partial charge on any atom is 0.333 e. The smallest absolute Gasteiger partial charge is 0.333 e. The van der Waals surface area contributed by atoms with Gasteiger partial charge in [0, 0.05) is 4.47 Å². The minimum atomic E-state index is -0.593. The number of carbonyl (C=O) groups is 1. The number of esters is 1. The molecule has 0 amide bonds. The molecule has 0 saturated carbocycles. The normalized spacial score (nSPS) is 11.8. The predicted molar refractivity (Wildman–Crippen MR) is 88.6 cm³/mol. The Morgan fingerprint density at radius 3 is 2.62 bits per heavy atom. The number of carbonyl (C=O) groups excluding carboxylic acids is 1. The van der Waals surface area contributed by atoms with E-state index in [1.165, 1.54) is 0 Å². The van der Waals surface area contributed by atoms with E-state index in [9.17, 15) is 4.79 Å². The van der Waals surface area contributed by atoms with Crippen LogP contribution in [0.1, 0.15) is 18.5 Å². The van der Waals surface area contributed by atoms with Crippen LogP contribution in [0.2, 0.25) is 5.02 Å². The van der Waals surface area contributed by atoms with E-state index in [-0.39, 0.29) is 5.97 Å². The molecule has 2 aromatic carbocycles. The zero-order chi connectivity index (χ0) is 15.2. The van der Waals surface area contributed by atoms with Crippen molar-refractivity contribution in [3.8, 4) is 0 Å². The summed E-state index contributed by atoms with van der Waals surface area (Å²) in [5.74, 6) is -0.331. The highest BCUT2D eigenvalue weighted by Gasteiger charge is 2.22. The number of rotatable bonds is 5. The molecule has 0 saturated heterocycles. The summed E-state index contributed by atoms with van der Waals surface area (Å²) in [7, 11) is 0. The van der Waals surface area contributed by atoms with Crippen LogP contribution in [0.5, 0.6) is 0 Å². The van der Waals surface area contributed by atoms with Crippen molar-refractivity contribution in [1.82, 2.24) is 0 Å². The fraction of sp³-hybridized carbons (Fsp3) is 0.188. The van der Waals surface area contributed by atoms with Gasteiger partial charge in [0.05, 0.1) is 17.3 Å². The van der Waals surface area contributed by atoms with Gasteiger partial charge in [0.25, 0.3) is 0 Å². The minimum Gasteiger partial charge on any atom is -0.464 e. The Kier molecular flexibility index (Phi) is 5.65. The number of anilines is 1. The molecular weight excluding hydrogens is 354 g/mol. The molecule has 0 spiro atoms. The standard InChI is InChI=1S/C16H15BrClNO2/c1-2-21-16(20)15(11-6-4-3-5-7-11)19-14-9-8-12(17)10-13(14)18/h3-10,15,19H,2H2,1H3. The largest absolute Gasteiger partial charge is 0.464 e. The van der Waals surface area contributed by atoms with Gasteiger partial charge in [-0.15, -0.1) is 0 Å². The van der Waals surface area contributed by atoms with Crippen molar-refractivity contribution in [2.45, 2.75) is 13.0 Å². The summed E-state index contributed by atoms with van der Waals surface area (Å²) in [5, 5.41) is 3.68. The van der Waals surface area contributed by atoms with Crippen LogP contribution in [0.15, 0.2) is 53.0 Å². The summed E-state index contributed by atoms with van der Waals surface area (Å²) in [6, 6.07) is 14.3. The van der Waals surface area contributed by atoms with E-state index in [0.29, 0.717) is 17.3 Å². The molecule has 0 radical (unpaired) electrons. The highest BCUT2D eigenvalue weighted by atomic mass is 79.9. The van der Waals surface area contributed by atoms with Gasteiger partial charge in [0.1, 0.15) is 0 Å². The van der Waals surface area contributed by atoms with Crippen molar-refractivity contribution in [3.63, 3.8) is 0 Å². The van der Waals surface area contributed by atoms with Crippen molar-refractivity contribution < 1.29 is 9.53 Å². The lowest BCUT2D eigenvalue weighted by atomic mass is 10.1. The van der Waals surface area contributed by atoms with Crippen LogP contribution in [-0.4, -0.2) is 12.6 Å². The summed E-state index contributed by atoms with van der Waals surface area (Å²) < 4.78 is 6.02. The number of ether oxygens (including phenoxy) is 1. The molecule has 110 valence electrons. The second-order valence-corrected chi connectivity index (χ2v) is 5.69. The summed E-state index contributed by atoms with van der Waals surface area (Å²) in [4.78, 5) is 12.2. The Labute approximate surface area is 137 Å². The number of halogens is 2. The first kappa shape index (κ1) is 15.9. The Hall–Kier alpha value is -1.52. The average molecular weight is 369 g/mol. The fourth-order valence-electron chi connectivity index (χ4n) is 1.91. The first-order chi connectivity index (χ1) is 10.1. The van der Waals surface area contributed by atoms with Gasteiger partial charge in [-0.25, -0.2) is 4.79 Å². The quantitative estimate of drug-likeness (QED) is 0.769. The molecule has 1 N–H and O–H groups in total. The highest BCUT2D eigenvalue weighted by molar-refractivity contribution is 9.10. The molecule has 1 unspecified atom stereocenters. The van der Waals surface area contributed by atoms with Gasteiger partial charge in [-0.2, -0.15) is 0 Å². The van der Waals surface area contributed by atoms with Crippen LogP contribution >= 0.6 is 27.5 Å². The third kappa shape index (κ3) is 4.22. The van der Waals surface area contributed by atoms with E-state index in [2.05, 4.69) is 21.2 Å². The summed E-state index contributed by atoms with van der Waals surface area (Å²) in [6.07, 6.45) is 0. The van der Waals surface area contributed by atoms with E-state index in [1.54, 1.807) is 13.0 Å². The molecule has 0 aliphatic carbocycles.